The molecule has 1 fully saturated rings. The number of thiophene rings is 1. The first-order valence-electron chi connectivity index (χ1n) is 9.58. The monoisotopic (exact) mass is 494 g/mol. The van der Waals surface area contributed by atoms with Gasteiger partial charge >= 0.3 is 0 Å². The first-order chi connectivity index (χ1) is 12.1. The molecular weight excluding hydrogens is 459 g/mol. The van der Waals surface area contributed by atoms with Crippen molar-refractivity contribution >= 4 is 41.3 Å². The van der Waals surface area contributed by atoms with E-state index in [9.17, 15) is 0 Å². The van der Waals surface area contributed by atoms with Crippen LogP contribution in [0, 0.1) is 0 Å². The van der Waals surface area contributed by atoms with E-state index in [0.717, 1.165) is 58.1 Å². The number of halogens is 1. The lowest BCUT2D eigenvalue weighted by molar-refractivity contribution is -0.0679. The number of hydrogen-bond donors (Lipinski definition) is 2. The molecule has 0 saturated carbocycles. The molecule has 2 unspecified atom stereocenters. The van der Waals surface area contributed by atoms with Gasteiger partial charge in [-0.1, -0.05) is 6.92 Å². The summed E-state index contributed by atoms with van der Waals surface area (Å²) in [5, 5.41) is 6.80. The van der Waals surface area contributed by atoms with E-state index < -0.39 is 0 Å². The lowest BCUT2D eigenvalue weighted by atomic mass is 10.2. The maximum Gasteiger partial charge on any atom is 0.191 e. The number of nitrogens with zero attached hydrogens (tertiary/aromatic N) is 2. The van der Waals surface area contributed by atoms with Gasteiger partial charge in [-0.15, -0.1) is 35.3 Å². The number of hydrogen-bond acceptors (Lipinski definition) is 4. The van der Waals surface area contributed by atoms with Crippen LogP contribution in [0.3, 0.4) is 0 Å². The van der Waals surface area contributed by atoms with E-state index in [1.807, 2.05) is 11.3 Å². The van der Waals surface area contributed by atoms with E-state index in [4.69, 9.17) is 9.73 Å². The molecule has 150 valence electrons. The van der Waals surface area contributed by atoms with Crippen molar-refractivity contribution in [2.75, 3.05) is 32.7 Å². The zero-order valence-corrected chi connectivity index (χ0v) is 19.7. The Balaban J connectivity index is 0.00000338. The summed E-state index contributed by atoms with van der Waals surface area (Å²) < 4.78 is 5.79. The predicted octanol–water partition coefficient (Wildman–Crippen LogP) is 3.48. The normalized spacial score (nSPS) is 21.3. The van der Waals surface area contributed by atoms with Crippen molar-refractivity contribution in [3.63, 3.8) is 0 Å². The van der Waals surface area contributed by atoms with Crippen LogP contribution in [-0.2, 0) is 17.7 Å². The van der Waals surface area contributed by atoms with Gasteiger partial charge in [0.1, 0.15) is 0 Å². The van der Waals surface area contributed by atoms with E-state index in [-0.39, 0.29) is 24.0 Å². The number of rotatable bonds is 8. The molecule has 0 spiro atoms. The second kappa shape index (κ2) is 12.9. The average molecular weight is 494 g/mol. The van der Waals surface area contributed by atoms with Crippen LogP contribution in [0.5, 0.6) is 0 Å². The van der Waals surface area contributed by atoms with Crippen LogP contribution < -0.4 is 10.6 Å². The van der Waals surface area contributed by atoms with Gasteiger partial charge in [0.25, 0.3) is 0 Å². The van der Waals surface area contributed by atoms with Gasteiger partial charge < -0.3 is 15.4 Å². The Labute approximate surface area is 180 Å². The molecule has 1 saturated heterocycles. The summed E-state index contributed by atoms with van der Waals surface area (Å²) in [4.78, 5) is 9.97. The highest BCUT2D eigenvalue weighted by molar-refractivity contribution is 14.0. The number of nitrogens with one attached hydrogen (secondary N) is 2. The van der Waals surface area contributed by atoms with E-state index in [0.29, 0.717) is 12.2 Å². The third-order valence-electron chi connectivity index (χ3n) is 4.24. The molecule has 0 aromatic carbocycles. The van der Waals surface area contributed by atoms with Crippen molar-refractivity contribution in [1.29, 1.82) is 0 Å². The zero-order valence-electron chi connectivity index (χ0n) is 16.6. The fourth-order valence-corrected chi connectivity index (χ4v) is 4.05. The van der Waals surface area contributed by atoms with Crippen LogP contribution in [0.2, 0.25) is 0 Å². The van der Waals surface area contributed by atoms with Crippen molar-refractivity contribution in [2.24, 2.45) is 4.99 Å². The summed E-state index contributed by atoms with van der Waals surface area (Å²) in [6.45, 7) is 14.4. The summed E-state index contributed by atoms with van der Waals surface area (Å²) in [5.74, 6) is 0.915. The number of guanidine groups is 1. The van der Waals surface area contributed by atoms with Gasteiger partial charge in [-0.05, 0) is 45.7 Å². The number of morpholine rings is 1. The molecule has 5 nitrogen and oxygen atoms in total. The van der Waals surface area contributed by atoms with Crippen molar-refractivity contribution in [2.45, 2.75) is 59.3 Å². The van der Waals surface area contributed by atoms with Gasteiger partial charge in [-0.3, -0.25) is 4.90 Å². The molecule has 0 bridgehead atoms. The minimum Gasteiger partial charge on any atom is -0.373 e. The topological polar surface area (TPSA) is 48.9 Å². The summed E-state index contributed by atoms with van der Waals surface area (Å²) >= 11 is 1.86. The molecule has 1 aliphatic rings. The minimum absolute atomic E-state index is 0. The number of aliphatic imine (C=N–C) groups is 1. The second-order valence-corrected chi connectivity index (χ2v) is 7.97. The first kappa shape index (κ1) is 23.7. The van der Waals surface area contributed by atoms with Crippen molar-refractivity contribution in [3.8, 4) is 0 Å². The molecule has 2 N–H and O–H groups in total. The second-order valence-electron chi connectivity index (χ2n) is 6.71. The van der Waals surface area contributed by atoms with Crippen LogP contribution in [-0.4, -0.2) is 55.8 Å². The van der Waals surface area contributed by atoms with Gasteiger partial charge in [0, 0.05) is 42.5 Å². The highest BCUT2D eigenvalue weighted by atomic mass is 127. The Morgan fingerprint density at radius 1 is 1.19 bits per heavy atom. The smallest absolute Gasteiger partial charge is 0.191 e. The summed E-state index contributed by atoms with van der Waals surface area (Å²) in [7, 11) is 0. The van der Waals surface area contributed by atoms with Gasteiger partial charge in [0.2, 0.25) is 0 Å². The van der Waals surface area contributed by atoms with Gasteiger partial charge in [-0.25, -0.2) is 4.99 Å². The Morgan fingerprint density at radius 2 is 1.88 bits per heavy atom. The fraction of sp³-hybridized carbons (Fsp3) is 0.737. The highest BCUT2D eigenvalue weighted by Crippen LogP contribution is 2.17. The fourth-order valence-electron chi connectivity index (χ4n) is 3.17. The molecule has 0 aliphatic carbocycles. The largest absolute Gasteiger partial charge is 0.373 e. The minimum atomic E-state index is 0. The predicted molar refractivity (Wildman–Crippen MR) is 123 cm³/mol. The van der Waals surface area contributed by atoms with Crippen LogP contribution in [0.1, 0.15) is 43.9 Å². The maximum absolute atomic E-state index is 5.79. The molecule has 7 heteroatoms. The highest BCUT2D eigenvalue weighted by Gasteiger charge is 2.21. The molecule has 2 atom stereocenters. The molecule has 1 aromatic rings. The third kappa shape index (κ3) is 8.54. The van der Waals surface area contributed by atoms with E-state index >= 15 is 0 Å². The van der Waals surface area contributed by atoms with Crippen LogP contribution in [0.15, 0.2) is 17.1 Å². The average Bonchev–Trinajstić information content (AvgIpc) is 3.03. The van der Waals surface area contributed by atoms with Crippen LogP contribution in [0.4, 0.5) is 0 Å². The number of ether oxygens (including phenoxy) is 1. The van der Waals surface area contributed by atoms with Crippen LogP contribution in [0.25, 0.3) is 0 Å². The van der Waals surface area contributed by atoms with Gasteiger partial charge in [0.05, 0.1) is 18.8 Å². The summed E-state index contributed by atoms with van der Waals surface area (Å²) in [6.07, 6.45) is 2.90. The molecular formula is C19H35IN4OS. The standard InChI is InChI=1S/C19H34N4OS.HI/c1-5-17-8-9-18(25-17)12-22-19(20-6-2)21-10-7-11-23-13-15(3)24-16(4)14-23;/h8-9,15-16H,5-7,10-14H2,1-4H3,(H2,20,21,22);1H. The Morgan fingerprint density at radius 3 is 2.50 bits per heavy atom. The Kier molecular flexibility index (Phi) is 11.7. The van der Waals surface area contributed by atoms with Crippen LogP contribution >= 0.6 is 35.3 Å². The maximum atomic E-state index is 5.79. The SMILES string of the molecule is CCNC(=NCc1ccc(CC)s1)NCCCN1CC(C)OC(C)C1.I. The van der Waals surface area contributed by atoms with Gasteiger partial charge in [-0.2, -0.15) is 0 Å². The quantitative estimate of drug-likeness (QED) is 0.252. The van der Waals surface area contributed by atoms with Crippen molar-refractivity contribution < 1.29 is 4.74 Å². The molecule has 0 amide bonds. The molecule has 1 aliphatic heterocycles. The summed E-state index contributed by atoms with van der Waals surface area (Å²) in [6, 6.07) is 4.40. The van der Waals surface area contributed by atoms with E-state index in [1.54, 1.807) is 0 Å². The van der Waals surface area contributed by atoms with Gasteiger partial charge in [0.15, 0.2) is 5.96 Å². The van der Waals surface area contributed by atoms with E-state index in [2.05, 4.69) is 55.4 Å². The first-order valence-corrected chi connectivity index (χ1v) is 10.4. The molecule has 26 heavy (non-hydrogen) atoms. The Hall–Kier alpha value is -0.380. The summed E-state index contributed by atoms with van der Waals surface area (Å²) in [5.41, 5.74) is 0. The lowest BCUT2D eigenvalue weighted by Gasteiger charge is -2.35. The number of aryl methyl sites for hydroxylation is 1. The van der Waals surface area contributed by atoms with Crippen molar-refractivity contribution in [3.05, 3.63) is 21.9 Å². The molecule has 2 rings (SSSR count). The van der Waals surface area contributed by atoms with Crippen molar-refractivity contribution in [1.82, 2.24) is 15.5 Å². The molecule has 0 radical (unpaired) electrons. The zero-order chi connectivity index (χ0) is 18.1. The lowest BCUT2D eigenvalue weighted by Crippen LogP contribution is -2.46. The van der Waals surface area contributed by atoms with E-state index in [1.165, 1.54) is 9.75 Å². The third-order valence-corrected chi connectivity index (χ3v) is 5.46. The molecule has 2 heterocycles. The molecule has 1 aromatic heterocycles. The Bertz CT molecular complexity index is 527.